The molecule has 0 unspecified atom stereocenters. The highest BCUT2D eigenvalue weighted by Gasteiger charge is 2.31. The van der Waals surface area contributed by atoms with Crippen molar-refractivity contribution < 1.29 is 9.53 Å². The molecular formula is C28H28N8O2. The van der Waals surface area contributed by atoms with Crippen LogP contribution in [0.5, 0.6) is 0 Å². The maximum atomic E-state index is 12.1. The van der Waals surface area contributed by atoms with Gasteiger partial charge in [-0.05, 0) is 63.2 Å². The molecule has 2 N–H and O–H groups in total. The monoisotopic (exact) mass is 508 g/mol. The highest BCUT2D eigenvalue weighted by atomic mass is 16.6. The molecule has 1 fully saturated rings. The third-order valence-corrected chi connectivity index (χ3v) is 6.23. The van der Waals surface area contributed by atoms with Gasteiger partial charge < -0.3 is 20.3 Å². The molecule has 38 heavy (non-hydrogen) atoms. The number of nitrogens with one attached hydrogen (secondary N) is 2. The van der Waals surface area contributed by atoms with Crippen LogP contribution < -0.4 is 15.5 Å². The van der Waals surface area contributed by atoms with E-state index in [1.54, 1.807) is 0 Å². The summed E-state index contributed by atoms with van der Waals surface area (Å²) in [5.74, 6) is 1.42. The lowest BCUT2D eigenvalue weighted by Gasteiger charge is -2.40. The lowest BCUT2D eigenvalue weighted by molar-refractivity contribution is 0.0496. The van der Waals surface area contributed by atoms with Crippen LogP contribution in [0.15, 0.2) is 73.2 Å². The number of hydrogen-bond acceptors (Lipinski definition) is 8. The second kappa shape index (κ2) is 9.29. The van der Waals surface area contributed by atoms with Crippen LogP contribution in [0.25, 0.3) is 27.6 Å². The number of carbonyl (C=O) groups excluding carboxylic acids is 1. The van der Waals surface area contributed by atoms with E-state index in [1.807, 2.05) is 92.3 Å². The summed E-state index contributed by atoms with van der Waals surface area (Å²) < 4.78 is 7.27. The van der Waals surface area contributed by atoms with Crippen LogP contribution in [-0.4, -0.2) is 55.6 Å². The van der Waals surface area contributed by atoms with Crippen molar-refractivity contribution in [1.29, 1.82) is 0 Å². The lowest BCUT2D eigenvalue weighted by Crippen LogP contribution is -2.60. The largest absolute Gasteiger partial charge is 0.444 e. The molecular weight excluding hydrogens is 480 g/mol. The molecule has 0 bridgehead atoms. The second-order valence-corrected chi connectivity index (χ2v) is 10.3. The van der Waals surface area contributed by atoms with Gasteiger partial charge in [0.2, 0.25) is 0 Å². The fourth-order valence-electron chi connectivity index (χ4n) is 4.45. The molecule has 6 rings (SSSR count). The van der Waals surface area contributed by atoms with E-state index in [9.17, 15) is 4.79 Å². The minimum atomic E-state index is -0.524. The first-order valence-corrected chi connectivity index (χ1v) is 12.5. The summed E-state index contributed by atoms with van der Waals surface area (Å²) >= 11 is 0. The van der Waals surface area contributed by atoms with Crippen LogP contribution in [-0.2, 0) is 4.74 Å². The van der Waals surface area contributed by atoms with Crippen molar-refractivity contribution in [3.05, 3.63) is 73.2 Å². The van der Waals surface area contributed by atoms with Gasteiger partial charge in [0.05, 0.1) is 29.0 Å². The Morgan fingerprint density at radius 2 is 1.84 bits per heavy atom. The van der Waals surface area contributed by atoms with E-state index >= 15 is 0 Å². The van der Waals surface area contributed by atoms with Crippen LogP contribution in [0.2, 0.25) is 0 Å². The van der Waals surface area contributed by atoms with Gasteiger partial charge in [-0.15, -0.1) is 0 Å². The molecule has 1 aliphatic heterocycles. The summed E-state index contributed by atoms with van der Waals surface area (Å²) in [6, 6.07) is 20.0. The molecule has 4 heterocycles. The molecule has 3 aromatic heterocycles. The molecule has 2 aromatic carbocycles. The van der Waals surface area contributed by atoms with Crippen molar-refractivity contribution in [2.45, 2.75) is 32.4 Å². The average Bonchev–Trinajstić information content (AvgIpc) is 3.29. The number of pyridine rings is 1. The van der Waals surface area contributed by atoms with Gasteiger partial charge >= 0.3 is 6.09 Å². The number of benzene rings is 2. The first kappa shape index (κ1) is 23.7. The van der Waals surface area contributed by atoms with Crippen molar-refractivity contribution in [3.63, 3.8) is 0 Å². The van der Waals surface area contributed by atoms with E-state index in [4.69, 9.17) is 9.72 Å². The zero-order chi connectivity index (χ0) is 26.3. The Balaban J connectivity index is 1.19. The summed E-state index contributed by atoms with van der Waals surface area (Å²) in [5, 5.41) is 11.9. The Morgan fingerprint density at radius 1 is 1.03 bits per heavy atom. The minimum Gasteiger partial charge on any atom is -0.444 e. The third-order valence-electron chi connectivity index (χ3n) is 6.23. The summed E-state index contributed by atoms with van der Waals surface area (Å²) in [6.07, 6.45) is 2.98. The van der Waals surface area contributed by atoms with Gasteiger partial charge in [0, 0.05) is 24.2 Å². The van der Waals surface area contributed by atoms with Crippen molar-refractivity contribution in [2.24, 2.45) is 0 Å². The average molecular weight is 509 g/mol. The minimum absolute atomic E-state index is 0.00972. The Labute approximate surface area is 219 Å². The number of aromatic nitrogens is 5. The second-order valence-electron chi connectivity index (χ2n) is 10.3. The Hall–Kier alpha value is -4.73. The Bertz CT molecular complexity index is 1620. The number of para-hydroxylation sites is 1. The van der Waals surface area contributed by atoms with Gasteiger partial charge in [0.25, 0.3) is 0 Å². The van der Waals surface area contributed by atoms with Gasteiger partial charge in [0.1, 0.15) is 23.3 Å². The van der Waals surface area contributed by atoms with Crippen LogP contribution >= 0.6 is 0 Å². The Kier molecular flexibility index (Phi) is 5.79. The molecule has 10 heteroatoms. The Morgan fingerprint density at radius 3 is 2.63 bits per heavy atom. The van der Waals surface area contributed by atoms with Crippen LogP contribution in [0.3, 0.4) is 0 Å². The molecule has 10 nitrogen and oxygen atoms in total. The molecule has 0 atom stereocenters. The maximum Gasteiger partial charge on any atom is 0.407 e. The molecule has 0 aliphatic carbocycles. The number of rotatable bonds is 5. The zero-order valence-electron chi connectivity index (χ0n) is 21.4. The van der Waals surface area contributed by atoms with Crippen molar-refractivity contribution in [3.8, 4) is 5.69 Å². The predicted octanol–water partition coefficient (Wildman–Crippen LogP) is 4.82. The summed E-state index contributed by atoms with van der Waals surface area (Å²) in [6.45, 7) is 6.85. The maximum absolute atomic E-state index is 12.1. The van der Waals surface area contributed by atoms with E-state index in [0.29, 0.717) is 24.4 Å². The fourth-order valence-corrected chi connectivity index (χ4v) is 4.45. The third kappa shape index (κ3) is 4.80. The predicted molar refractivity (Wildman–Crippen MR) is 147 cm³/mol. The highest BCUT2D eigenvalue weighted by Crippen LogP contribution is 2.28. The van der Waals surface area contributed by atoms with E-state index in [-0.39, 0.29) is 6.04 Å². The number of anilines is 3. The van der Waals surface area contributed by atoms with Gasteiger partial charge in [-0.3, -0.25) is 0 Å². The zero-order valence-corrected chi connectivity index (χ0v) is 21.4. The summed E-state index contributed by atoms with van der Waals surface area (Å²) in [7, 11) is 0. The molecule has 1 amide bonds. The number of amides is 1. The van der Waals surface area contributed by atoms with Crippen molar-refractivity contribution in [2.75, 3.05) is 23.3 Å². The lowest BCUT2D eigenvalue weighted by atomic mass is 10.1. The number of carbonyl (C=O) groups is 1. The quantitative estimate of drug-likeness (QED) is 0.348. The first-order valence-electron chi connectivity index (χ1n) is 12.5. The van der Waals surface area contributed by atoms with Gasteiger partial charge in [0.15, 0.2) is 5.82 Å². The standard InChI is InChI=1S/C28H28N8O2/c1-28(2,3)38-27(37)33-20-15-35(16-20)24-12-10-22-25(34-24)26(30-17-29-22)32-19-9-11-23-18(13-19)14-31-36(23)21-7-5-4-6-8-21/h4-14,17,20H,15-16H2,1-3H3,(H,33,37)(H,29,30,32). The number of alkyl carbamates (subject to hydrolysis) is 1. The molecule has 0 radical (unpaired) electrons. The van der Waals surface area contributed by atoms with Gasteiger partial charge in [-0.1, -0.05) is 18.2 Å². The number of hydrogen-bond donors (Lipinski definition) is 2. The molecule has 1 aliphatic rings. The highest BCUT2D eigenvalue weighted by molar-refractivity contribution is 5.90. The van der Waals surface area contributed by atoms with Gasteiger partial charge in [-0.2, -0.15) is 5.10 Å². The topological polar surface area (TPSA) is 110 Å². The normalized spacial score (nSPS) is 13.9. The number of fused-ring (bicyclic) bond motifs is 2. The SMILES string of the molecule is CC(C)(C)OC(=O)NC1CN(c2ccc3ncnc(Nc4ccc5c(cnn5-c5ccccc5)c4)c3n2)C1. The van der Waals surface area contributed by atoms with E-state index < -0.39 is 11.7 Å². The van der Waals surface area contributed by atoms with E-state index in [0.717, 1.165) is 33.6 Å². The number of ether oxygens (including phenoxy) is 1. The van der Waals surface area contributed by atoms with Gasteiger partial charge in [-0.25, -0.2) is 24.4 Å². The molecule has 0 spiro atoms. The van der Waals surface area contributed by atoms with E-state index in [1.165, 1.54) is 6.33 Å². The first-order chi connectivity index (χ1) is 18.3. The van der Waals surface area contributed by atoms with Crippen LogP contribution in [0.4, 0.5) is 22.1 Å². The van der Waals surface area contributed by atoms with Crippen LogP contribution in [0.1, 0.15) is 20.8 Å². The van der Waals surface area contributed by atoms with E-state index in [2.05, 4.69) is 30.6 Å². The molecule has 192 valence electrons. The number of nitrogens with zero attached hydrogens (tertiary/aromatic N) is 6. The van der Waals surface area contributed by atoms with Crippen molar-refractivity contribution >= 4 is 45.4 Å². The smallest absolute Gasteiger partial charge is 0.407 e. The summed E-state index contributed by atoms with van der Waals surface area (Å²) in [5.41, 5.74) is 3.80. The molecule has 1 saturated heterocycles. The van der Waals surface area contributed by atoms with Crippen molar-refractivity contribution in [1.82, 2.24) is 30.0 Å². The molecule has 5 aromatic rings. The fraction of sp³-hybridized carbons (Fsp3) is 0.250. The summed E-state index contributed by atoms with van der Waals surface area (Å²) in [4.78, 5) is 27.9. The molecule has 0 saturated carbocycles. The van der Waals surface area contributed by atoms with Crippen LogP contribution in [0, 0.1) is 0 Å².